The third-order valence-corrected chi connectivity index (χ3v) is 2.74. The molecule has 0 aliphatic heterocycles. The van der Waals surface area contributed by atoms with Gasteiger partial charge in [-0.3, -0.25) is 0 Å². The van der Waals surface area contributed by atoms with Crippen LogP contribution in [0.15, 0.2) is 36.7 Å². The molecule has 0 saturated carbocycles. The highest BCUT2D eigenvalue weighted by Crippen LogP contribution is 2.12. The van der Waals surface area contributed by atoms with Crippen molar-refractivity contribution < 1.29 is 4.74 Å². The molecule has 1 aromatic carbocycles. The van der Waals surface area contributed by atoms with E-state index in [9.17, 15) is 0 Å². The summed E-state index contributed by atoms with van der Waals surface area (Å²) in [6.07, 6.45) is 3.19. The Kier molecular flexibility index (Phi) is 4.12. The Balaban J connectivity index is 1.90. The fourth-order valence-corrected chi connectivity index (χ4v) is 1.68. The van der Waals surface area contributed by atoms with E-state index in [2.05, 4.69) is 16.9 Å². The van der Waals surface area contributed by atoms with E-state index in [1.165, 1.54) is 6.33 Å². The van der Waals surface area contributed by atoms with Gasteiger partial charge in [-0.1, -0.05) is 25.1 Å². The summed E-state index contributed by atoms with van der Waals surface area (Å²) < 4.78 is 5.60. The maximum absolute atomic E-state index is 5.86. The maximum atomic E-state index is 5.86. The third kappa shape index (κ3) is 3.20. The topological polar surface area (TPSA) is 61.0 Å². The monoisotopic (exact) mass is 243 g/mol. The summed E-state index contributed by atoms with van der Waals surface area (Å²) in [5.41, 5.74) is 8.75. The average Bonchev–Trinajstić information content (AvgIpc) is 2.41. The number of nitrogen functional groups attached to an aromatic ring is 1. The molecule has 1 heterocycles. The number of ether oxygens (including phenoxy) is 1. The summed E-state index contributed by atoms with van der Waals surface area (Å²) in [5.74, 6) is 0.622. The lowest BCUT2D eigenvalue weighted by molar-refractivity contribution is 0.308. The number of aromatic nitrogens is 2. The van der Waals surface area contributed by atoms with Crippen molar-refractivity contribution in [3.8, 4) is 5.88 Å². The highest BCUT2D eigenvalue weighted by Gasteiger charge is 2.01. The van der Waals surface area contributed by atoms with Crippen molar-refractivity contribution in [1.29, 1.82) is 0 Å². The van der Waals surface area contributed by atoms with Crippen molar-refractivity contribution in [1.82, 2.24) is 9.97 Å². The second-order valence-electron chi connectivity index (χ2n) is 4.00. The van der Waals surface area contributed by atoms with Crippen molar-refractivity contribution in [2.24, 2.45) is 0 Å². The lowest BCUT2D eigenvalue weighted by Crippen LogP contribution is -2.05. The number of nitrogens with two attached hydrogens (primary N) is 1. The first-order valence-electron chi connectivity index (χ1n) is 6.06. The molecule has 0 amide bonds. The molecule has 94 valence electrons. The Morgan fingerprint density at radius 3 is 2.83 bits per heavy atom. The van der Waals surface area contributed by atoms with E-state index in [0.717, 1.165) is 29.8 Å². The lowest BCUT2D eigenvalue weighted by atomic mass is 10.1. The molecule has 2 N–H and O–H groups in total. The molecule has 0 bridgehead atoms. The smallest absolute Gasteiger partial charge is 0.216 e. The second-order valence-corrected chi connectivity index (χ2v) is 4.00. The third-order valence-electron chi connectivity index (χ3n) is 2.74. The first-order chi connectivity index (χ1) is 8.79. The van der Waals surface area contributed by atoms with E-state index in [4.69, 9.17) is 10.5 Å². The SMILES string of the molecule is CCc1cc(OCCc2ccccc2N)ncn1. The van der Waals surface area contributed by atoms with Crippen LogP contribution in [-0.4, -0.2) is 16.6 Å². The van der Waals surface area contributed by atoms with E-state index >= 15 is 0 Å². The molecule has 0 spiro atoms. The number of rotatable bonds is 5. The molecule has 0 atom stereocenters. The van der Waals surface area contributed by atoms with Gasteiger partial charge in [0.05, 0.1) is 6.61 Å². The standard InChI is InChI=1S/C14H17N3O/c1-2-12-9-14(17-10-16-12)18-8-7-11-5-3-4-6-13(11)15/h3-6,9-10H,2,7-8,15H2,1H3. The van der Waals surface area contributed by atoms with E-state index in [1.54, 1.807) is 0 Å². The fourth-order valence-electron chi connectivity index (χ4n) is 1.68. The quantitative estimate of drug-likeness (QED) is 0.818. The molecule has 0 aliphatic rings. The van der Waals surface area contributed by atoms with Crippen molar-refractivity contribution in [2.75, 3.05) is 12.3 Å². The summed E-state index contributed by atoms with van der Waals surface area (Å²) in [6, 6.07) is 9.68. The number of anilines is 1. The van der Waals surface area contributed by atoms with Gasteiger partial charge in [-0.05, 0) is 18.1 Å². The normalized spacial score (nSPS) is 10.3. The molecule has 0 saturated heterocycles. The summed E-state index contributed by atoms with van der Waals surface area (Å²) in [4.78, 5) is 8.20. The lowest BCUT2D eigenvalue weighted by Gasteiger charge is -2.07. The number of hydrogen-bond acceptors (Lipinski definition) is 4. The van der Waals surface area contributed by atoms with Crippen LogP contribution in [0.1, 0.15) is 18.2 Å². The molecule has 0 fully saturated rings. The summed E-state index contributed by atoms with van der Waals surface area (Å²) in [7, 11) is 0. The van der Waals surface area contributed by atoms with Crippen LogP contribution in [0, 0.1) is 0 Å². The number of aryl methyl sites for hydroxylation is 1. The minimum absolute atomic E-state index is 0.564. The number of para-hydroxylation sites is 1. The van der Waals surface area contributed by atoms with Crippen LogP contribution >= 0.6 is 0 Å². The largest absolute Gasteiger partial charge is 0.477 e. The first kappa shape index (κ1) is 12.4. The Morgan fingerprint density at radius 1 is 1.22 bits per heavy atom. The van der Waals surface area contributed by atoms with Crippen LogP contribution in [0.3, 0.4) is 0 Å². The van der Waals surface area contributed by atoms with Gasteiger partial charge in [-0.25, -0.2) is 9.97 Å². The van der Waals surface area contributed by atoms with Crippen molar-refractivity contribution in [2.45, 2.75) is 19.8 Å². The maximum Gasteiger partial charge on any atom is 0.216 e. The predicted molar refractivity (Wildman–Crippen MR) is 71.5 cm³/mol. The number of nitrogens with zero attached hydrogens (tertiary/aromatic N) is 2. The molecule has 0 aliphatic carbocycles. The van der Waals surface area contributed by atoms with E-state index in [1.807, 2.05) is 30.3 Å². The van der Waals surface area contributed by atoms with Crippen molar-refractivity contribution in [3.05, 3.63) is 47.9 Å². The van der Waals surface area contributed by atoms with Crippen LogP contribution in [0.4, 0.5) is 5.69 Å². The van der Waals surface area contributed by atoms with Crippen LogP contribution in [0.25, 0.3) is 0 Å². The minimum Gasteiger partial charge on any atom is -0.477 e. The van der Waals surface area contributed by atoms with Gasteiger partial charge in [0.15, 0.2) is 0 Å². The molecule has 1 aromatic heterocycles. The summed E-state index contributed by atoms with van der Waals surface area (Å²) >= 11 is 0. The summed E-state index contributed by atoms with van der Waals surface area (Å²) in [6.45, 7) is 2.62. The fraction of sp³-hybridized carbons (Fsp3) is 0.286. The van der Waals surface area contributed by atoms with Crippen molar-refractivity contribution >= 4 is 5.69 Å². The number of benzene rings is 1. The zero-order valence-corrected chi connectivity index (χ0v) is 10.5. The zero-order chi connectivity index (χ0) is 12.8. The van der Waals surface area contributed by atoms with E-state index < -0.39 is 0 Å². The highest BCUT2D eigenvalue weighted by molar-refractivity contribution is 5.46. The first-order valence-corrected chi connectivity index (χ1v) is 6.06. The molecule has 18 heavy (non-hydrogen) atoms. The number of hydrogen-bond donors (Lipinski definition) is 1. The van der Waals surface area contributed by atoms with Gasteiger partial charge in [-0.15, -0.1) is 0 Å². The molecule has 0 unspecified atom stereocenters. The Labute approximate surface area is 107 Å². The second kappa shape index (κ2) is 6.00. The zero-order valence-electron chi connectivity index (χ0n) is 10.5. The van der Waals surface area contributed by atoms with E-state index in [-0.39, 0.29) is 0 Å². The Hall–Kier alpha value is -2.10. The van der Waals surface area contributed by atoms with Crippen LogP contribution in [0.5, 0.6) is 5.88 Å². The molecule has 0 radical (unpaired) electrons. The molecule has 2 rings (SSSR count). The summed E-state index contributed by atoms with van der Waals surface area (Å²) in [5, 5.41) is 0. The van der Waals surface area contributed by atoms with Gasteiger partial charge >= 0.3 is 0 Å². The van der Waals surface area contributed by atoms with Crippen LogP contribution in [-0.2, 0) is 12.8 Å². The van der Waals surface area contributed by atoms with Crippen LogP contribution in [0.2, 0.25) is 0 Å². The average molecular weight is 243 g/mol. The van der Waals surface area contributed by atoms with Gasteiger partial charge in [0.2, 0.25) is 5.88 Å². The highest BCUT2D eigenvalue weighted by atomic mass is 16.5. The van der Waals surface area contributed by atoms with Gasteiger partial charge in [0.25, 0.3) is 0 Å². The Morgan fingerprint density at radius 2 is 2.06 bits per heavy atom. The van der Waals surface area contributed by atoms with Gasteiger partial charge in [0, 0.05) is 23.9 Å². The van der Waals surface area contributed by atoms with Gasteiger partial charge < -0.3 is 10.5 Å². The molecule has 4 nitrogen and oxygen atoms in total. The molecular weight excluding hydrogens is 226 g/mol. The van der Waals surface area contributed by atoms with Gasteiger partial charge in [-0.2, -0.15) is 0 Å². The Bertz CT molecular complexity index is 514. The minimum atomic E-state index is 0.564. The molecule has 2 aromatic rings. The van der Waals surface area contributed by atoms with Gasteiger partial charge in [0.1, 0.15) is 6.33 Å². The molecule has 4 heteroatoms. The molecular formula is C14H17N3O. The van der Waals surface area contributed by atoms with Crippen molar-refractivity contribution in [3.63, 3.8) is 0 Å². The predicted octanol–water partition coefficient (Wildman–Crippen LogP) is 2.24. The van der Waals surface area contributed by atoms with E-state index in [0.29, 0.717) is 12.5 Å². The van der Waals surface area contributed by atoms with Crippen LogP contribution < -0.4 is 10.5 Å².